The van der Waals surface area contributed by atoms with Gasteiger partial charge in [-0.1, -0.05) is 63.1 Å². The van der Waals surface area contributed by atoms with Gasteiger partial charge in [0.25, 0.3) is 0 Å². The Morgan fingerprint density at radius 2 is 1.25 bits per heavy atom. The van der Waals surface area contributed by atoms with E-state index >= 15 is 0 Å². The second-order valence-electron chi connectivity index (χ2n) is 3.35. The zero-order chi connectivity index (χ0) is 13.1. The standard InChI is InChI=1S/C12H16.2C2H6/c1-5-11(4)12-7-9(2)6-10(3)8-12;2*1-2/h5-8H,1-4H3;2*1-2H3/b11-5+;;. The second kappa shape index (κ2) is 10.5. The molecule has 0 aromatic heterocycles. The Morgan fingerprint density at radius 1 is 0.875 bits per heavy atom. The summed E-state index contributed by atoms with van der Waals surface area (Å²) in [4.78, 5) is 0. The molecule has 1 rings (SSSR count). The van der Waals surface area contributed by atoms with E-state index < -0.39 is 0 Å². The first-order valence-corrected chi connectivity index (χ1v) is 6.35. The first-order chi connectivity index (χ1) is 7.63. The molecule has 0 aliphatic carbocycles. The van der Waals surface area contributed by atoms with Crippen molar-refractivity contribution in [2.45, 2.75) is 55.4 Å². The van der Waals surface area contributed by atoms with Crippen molar-refractivity contribution >= 4 is 5.57 Å². The molecule has 16 heavy (non-hydrogen) atoms. The molecular weight excluding hydrogens is 192 g/mol. The fraction of sp³-hybridized carbons (Fsp3) is 0.500. The minimum absolute atomic E-state index is 1.34. The topological polar surface area (TPSA) is 0 Å². The van der Waals surface area contributed by atoms with Crippen LogP contribution >= 0.6 is 0 Å². The molecule has 0 bridgehead atoms. The van der Waals surface area contributed by atoms with Gasteiger partial charge in [0, 0.05) is 0 Å². The van der Waals surface area contributed by atoms with Gasteiger partial charge in [-0.25, -0.2) is 0 Å². The van der Waals surface area contributed by atoms with Gasteiger partial charge >= 0.3 is 0 Å². The summed E-state index contributed by atoms with van der Waals surface area (Å²) in [5.74, 6) is 0. The largest absolute Gasteiger partial charge is 0.0841 e. The monoisotopic (exact) mass is 220 g/mol. The molecule has 0 unspecified atom stereocenters. The van der Waals surface area contributed by atoms with Crippen LogP contribution in [0.15, 0.2) is 24.3 Å². The normalized spacial score (nSPS) is 9.62. The maximum Gasteiger partial charge on any atom is -0.0225 e. The van der Waals surface area contributed by atoms with Crippen LogP contribution in [0.1, 0.15) is 58.2 Å². The third-order valence-electron chi connectivity index (χ3n) is 2.11. The van der Waals surface area contributed by atoms with E-state index in [0.717, 1.165) is 0 Å². The molecule has 92 valence electrons. The lowest BCUT2D eigenvalue weighted by Crippen LogP contribution is -1.83. The molecule has 1 aromatic carbocycles. The minimum Gasteiger partial charge on any atom is -0.0841 e. The van der Waals surface area contributed by atoms with Crippen molar-refractivity contribution < 1.29 is 0 Å². The van der Waals surface area contributed by atoms with Crippen LogP contribution in [-0.4, -0.2) is 0 Å². The quantitative estimate of drug-likeness (QED) is 0.563. The Kier molecular flexibility index (Phi) is 11.4. The summed E-state index contributed by atoms with van der Waals surface area (Å²) in [5.41, 5.74) is 5.37. The molecule has 0 saturated heterocycles. The summed E-state index contributed by atoms with van der Waals surface area (Å²) in [5, 5.41) is 0. The van der Waals surface area contributed by atoms with Gasteiger partial charge in [0.05, 0.1) is 0 Å². The van der Waals surface area contributed by atoms with Crippen LogP contribution in [0.4, 0.5) is 0 Å². The Labute approximate surface area is 102 Å². The molecule has 0 nitrogen and oxygen atoms in total. The van der Waals surface area contributed by atoms with Gasteiger partial charge < -0.3 is 0 Å². The van der Waals surface area contributed by atoms with E-state index in [4.69, 9.17) is 0 Å². The molecule has 0 N–H and O–H groups in total. The van der Waals surface area contributed by atoms with Gasteiger partial charge in [0.15, 0.2) is 0 Å². The van der Waals surface area contributed by atoms with Crippen molar-refractivity contribution in [3.8, 4) is 0 Å². The van der Waals surface area contributed by atoms with E-state index in [1.165, 1.54) is 22.3 Å². The summed E-state index contributed by atoms with van der Waals surface area (Å²) in [7, 11) is 0. The lowest BCUT2D eigenvalue weighted by Gasteiger charge is -2.04. The summed E-state index contributed by atoms with van der Waals surface area (Å²) in [6.45, 7) is 16.5. The van der Waals surface area contributed by atoms with Crippen molar-refractivity contribution in [3.63, 3.8) is 0 Å². The fourth-order valence-electron chi connectivity index (χ4n) is 1.37. The highest BCUT2D eigenvalue weighted by atomic mass is 14.0. The van der Waals surface area contributed by atoms with Gasteiger partial charge in [0.2, 0.25) is 0 Å². The molecule has 0 heteroatoms. The molecule has 0 atom stereocenters. The number of hydrogen-bond donors (Lipinski definition) is 0. The van der Waals surface area contributed by atoms with E-state index in [2.05, 4.69) is 52.0 Å². The Balaban J connectivity index is 0. The number of allylic oxidation sites excluding steroid dienone is 2. The van der Waals surface area contributed by atoms with Crippen LogP contribution in [0.3, 0.4) is 0 Å². The van der Waals surface area contributed by atoms with Crippen molar-refractivity contribution in [3.05, 3.63) is 41.0 Å². The van der Waals surface area contributed by atoms with Gasteiger partial charge in [-0.15, -0.1) is 0 Å². The van der Waals surface area contributed by atoms with Gasteiger partial charge in [-0.3, -0.25) is 0 Å². The minimum atomic E-state index is 1.34. The van der Waals surface area contributed by atoms with Crippen molar-refractivity contribution in [1.82, 2.24) is 0 Å². The van der Waals surface area contributed by atoms with Crippen LogP contribution < -0.4 is 0 Å². The third-order valence-corrected chi connectivity index (χ3v) is 2.11. The fourth-order valence-corrected chi connectivity index (χ4v) is 1.37. The van der Waals surface area contributed by atoms with Crippen molar-refractivity contribution in [2.75, 3.05) is 0 Å². The molecule has 0 saturated carbocycles. The predicted molar refractivity (Wildman–Crippen MR) is 77.9 cm³/mol. The molecule has 0 aliphatic heterocycles. The predicted octanol–water partition coefficient (Wildman–Crippen LogP) is 5.78. The third kappa shape index (κ3) is 6.44. The molecule has 0 heterocycles. The average Bonchev–Trinajstić information content (AvgIpc) is 2.32. The molecule has 0 amide bonds. The summed E-state index contributed by atoms with van der Waals surface area (Å²) < 4.78 is 0. The van der Waals surface area contributed by atoms with E-state index in [9.17, 15) is 0 Å². The molecule has 0 spiro atoms. The molecular formula is C16H28. The van der Waals surface area contributed by atoms with E-state index in [1.807, 2.05) is 27.7 Å². The van der Waals surface area contributed by atoms with Crippen LogP contribution in [0.5, 0.6) is 0 Å². The maximum atomic E-state index is 2.22. The van der Waals surface area contributed by atoms with Gasteiger partial charge in [-0.2, -0.15) is 0 Å². The number of benzene rings is 1. The van der Waals surface area contributed by atoms with Gasteiger partial charge in [-0.05, 0) is 38.8 Å². The van der Waals surface area contributed by atoms with Crippen LogP contribution in [0, 0.1) is 13.8 Å². The Morgan fingerprint density at radius 3 is 1.56 bits per heavy atom. The van der Waals surface area contributed by atoms with E-state index in [-0.39, 0.29) is 0 Å². The first kappa shape index (κ1) is 17.4. The van der Waals surface area contributed by atoms with Crippen molar-refractivity contribution in [2.24, 2.45) is 0 Å². The highest BCUT2D eigenvalue weighted by Crippen LogP contribution is 2.16. The first-order valence-electron chi connectivity index (χ1n) is 6.35. The lowest BCUT2D eigenvalue weighted by atomic mass is 10.0. The summed E-state index contributed by atoms with van der Waals surface area (Å²) in [6.07, 6.45) is 2.15. The Bertz CT molecular complexity index is 286. The zero-order valence-electron chi connectivity index (χ0n) is 12.3. The molecule has 1 aromatic rings. The zero-order valence-corrected chi connectivity index (χ0v) is 12.3. The van der Waals surface area contributed by atoms with E-state index in [1.54, 1.807) is 0 Å². The van der Waals surface area contributed by atoms with Crippen LogP contribution in [-0.2, 0) is 0 Å². The number of rotatable bonds is 1. The summed E-state index contributed by atoms with van der Waals surface area (Å²) in [6, 6.07) is 6.65. The molecule has 0 aliphatic rings. The van der Waals surface area contributed by atoms with Gasteiger partial charge in [0.1, 0.15) is 0 Å². The lowest BCUT2D eigenvalue weighted by molar-refractivity contribution is 1.36. The summed E-state index contributed by atoms with van der Waals surface area (Å²) >= 11 is 0. The molecule has 0 fully saturated rings. The SMILES string of the molecule is C/C=C(\C)c1cc(C)cc(C)c1.CC.CC. The molecule has 0 radical (unpaired) electrons. The van der Waals surface area contributed by atoms with Crippen LogP contribution in [0.2, 0.25) is 0 Å². The van der Waals surface area contributed by atoms with E-state index in [0.29, 0.717) is 0 Å². The van der Waals surface area contributed by atoms with Crippen molar-refractivity contribution in [1.29, 1.82) is 0 Å². The second-order valence-corrected chi connectivity index (χ2v) is 3.35. The average molecular weight is 220 g/mol. The smallest absolute Gasteiger partial charge is 0.0225 e. The highest BCUT2D eigenvalue weighted by Gasteiger charge is 1.96. The highest BCUT2D eigenvalue weighted by molar-refractivity contribution is 5.64. The number of aryl methyl sites for hydroxylation is 2. The van der Waals surface area contributed by atoms with Crippen LogP contribution in [0.25, 0.3) is 5.57 Å². The maximum absolute atomic E-state index is 2.22. The Hall–Kier alpha value is -1.04. The number of hydrogen-bond acceptors (Lipinski definition) is 0.